The minimum absolute atomic E-state index is 0. The third-order valence-corrected chi connectivity index (χ3v) is 22.4. The number of carbonyl (C=O) groups excluding carboxylic acids is 6. The molecule has 11 rings (SSSR count). The number of hydrogen-bond donors (Lipinski definition) is 7. The largest absolute Gasteiger partial charge is 0.506 e. The van der Waals surface area contributed by atoms with Gasteiger partial charge in [0.15, 0.2) is 23.1 Å². The molecule has 0 saturated heterocycles. The van der Waals surface area contributed by atoms with Gasteiger partial charge in [-0.3, -0.25) is 33.9 Å². The van der Waals surface area contributed by atoms with Crippen molar-refractivity contribution in [1.29, 1.82) is 0 Å². The number of aromatic nitrogens is 2. The number of rotatable bonds is 27. The van der Waals surface area contributed by atoms with Crippen LogP contribution in [0.15, 0.2) is 210 Å². The van der Waals surface area contributed by atoms with Crippen LogP contribution in [0.1, 0.15) is 125 Å². The molecule has 11 aromatic rings. The van der Waals surface area contributed by atoms with Crippen LogP contribution >= 0.6 is 164 Å². The van der Waals surface area contributed by atoms with Crippen molar-refractivity contribution in [1.82, 2.24) is 20.6 Å². The Morgan fingerprint density at radius 2 is 0.885 bits per heavy atom. The van der Waals surface area contributed by atoms with Crippen molar-refractivity contribution in [3.63, 3.8) is 0 Å². The first-order valence-corrected chi connectivity index (χ1v) is 44.6. The molecule has 0 aliphatic carbocycles. The number of phenols is 1. The number of hydrogen-bond acceptors (Lipinski definition) is 22. The third-order valence-electron chi connectivity index (χ3n) is 14.5. The highest BCUT2D eigenvalue weighted by Gasteiger charge is 2.18. The van der Waals surface area contributed by atoms with E-state index in [4.69, 9.17) is 108 Å². The smallest absolute Gasteiger partial charge is 0.499 e. The second-order valence-electron chi connectivity index (χ2n) is 25.6. The summed E-state index contributed by atoms with van der Waals surface area (Å²) in [5.74, 6) is 1.67. The number of nitrogens with zero attached hydrogens (tertiary/aromatic N) is 2. The predicted octanol–water partition coefficient (Wildman–Crippen LogP) is 23.4. The van der Waals surface area contributed by atoms with Gasteiger partial charge in [-0.2, -0.15) is 0 Å². The van der Waals surface area contributed by atoms with E-state index in [2.05, 4.69) is 82.2 Å². The lowest BCUT2D eigenvalue weighted by Crippen LogP contribution is -2.33. The third kappa shape index (κ3) is 42.9. The van der Waals surface area contributed by atoms with Gasteiger partial charge in [0, 0.05) is 83.7 Å². The molecule has 6 heterocycles. The van der Waals surface area contributed by atoms with Gasteiger partial charge in [0.05, 0.1) is 64.4 Å². The van der Waals surface area contributed by atoms with Gasteiger partial charge >= 0.3 is 19.2 Å². The quantitative estimate of drug-likeness (QED) is 0.00827. The Bertz CT molecular complexity index is 5070. The number of ketones is 4. The van der Waals surface area contributed by atoms with E-state index in [1.807, 2.05) is 124 Å². The fraction of sp³-hybridized carbons (Fsp3) is 0.230. The number of aliphatic carboxylic acids is 1. The van der Waals surface area contributed by atoms with Gasteiger partial charge in [-0.15, -0.1) is 57.8 Å². The normalized spacial score (nSPS) is 10.3. The molecule has 0 spiro atoms. The molecule has 0 bridgehead atoms. The zero-order chi connectivity index (χ0) is 89.6. The van der Waals surface area contributed by atoms with Crippen molar-refractivity contribution in [2.45, 2.75) is 80.8 Å². The van der Waals surface area contributed by atoms with Crippen LogP contribution in [0.25, 0.3) is 43.5 Å². The number of halogens is 9. The number of alkyl halides is 1. The molecule has 35 heteroatoms. The number of aromatic hydroxyl groups is 1. The summed E-state index contributed by atoms with van der Waals surface area (Å²) in [5.41, 5.74) is 9.56. The van der Waals surface area contributed by atoms with Crippen LogP contribution in [0.4, 0.5) is 4.79 Å². The zero-order valence-corrected chi connectivity index (χ0v) is 80.2. The fourth-order valence-electron chi connectivity index (χ4n) is 8.84. The molecule has 0 aliphatic heterocycles. The van der Waals surface area contributed by atoms with Gasteiger partial charge in [-0.1, -0.05) is 156 Å². The van der Waals surface area contributed by atoms with Crippen molar-refractivity contribution >= 4 is 229 Å². The van der Waals surface area contributed by atoms with E-state index in [-0.39, 0.29) is 59.9 Å². The molecule has 0 aliphatic rings. The van der Waals surface area contributed by atoms with Crippen molar-refractivity contribution in [3.05, 3.63) is 265 Å². The average Bonchev–Trinajstić information content (AvgIpc) is 1.59. The lowest BCUT2D eigenvalue weighted by Gasteiger charge is -2.19. The van der Waals surface area contributed by atoms with E-state index >= 15 is 0 Å². The molecule has 0 radical (unpaired) electrons. The molecule has 5 aromatic carbocycles. The van der Waals surface area contributed by atoms with E-state index in [1.165, 1.54) is 59.2 Å². The Kier molecular flexibility index (Phi) is 51.9. The highest BCUT2D eigenvalue weighted by molar-refractivity contribution is 9.10. The highest BCUT2D eigenvalue weighted by Crippen LogP contribution is 2.38. The lowest BCUT2D eigenvalue weighted by atomic mass is 9.90. The first-order valence-electron chi connectivity index (χ1n) is 36.7. The van der Waals surface area contributed by atoms with Crippen LogP contribution < -0.4 is 40.1 Å². The summed E-state index contributed by atoms with van der Waals surface area (Å²) in [5, 5.41) is 43.3. The minimum Gasteiger partial charge on any atom is -0.506 e. The Morgan fingerprint density at radius 1 is 0.500 bits per heavy atom. The number of amides is 2. The molecular weight excluding hydrogens is 1960 g/mol. The van der Waals surface area contributed by atoms with Crippen LogP contribution in [-0.4, -0.2) is 135 Å². The number of carbonyl (C=O) groups is 7. The number of phenolic OH excluding ortho intramolecular Hbond substituents is 1. The molecule has 2 amide bonds. The topological polar surface area (TPSA) is 322 Å². The molecule has 0 fully saturated rings. The predicted molar refractivity (Wildman–Crippen MR) is 513 cm³/mol. The fourth-order valence-corrected chi connectivity index (χ4v) is 14.0. The molecule has 0 atom stereocenters. The molecule has 6 aromatic heterocycles. The SMILES string of the molecule is CC(=O)c1ccc(-c2ccc(Cl)c(OCCN)c2)s1.CC(=O)c1ccc(-c2ccc(Cl)c(OCCNC(=O)/C=C/c3cccnc3)c2)s1.CC(=O)c1ccc(B(O)O)s1.CC(C)(C)OC(=O)NCCBr.CCCOc1cc(-c2ccc(C(C)=O)s2)ccc1Cl.CCCOc1cc(Br)ccc1Cl.Cl.O=C(O)/C=C/c1cccnc1.Oc1cc(Br)ccc1Cl. The number of alkyl carbamates (subject to hydrolysis) is 1. The Hall–Kier alpha value is -8.31. The number of carboxylic acid groups (broad SMARTS) is 1. The first kappa shape index (κ1) is 108. The van der Waals surface area contributed by atoms with Gasteiger partial charge in [0.25, 0.3) is 0 Å². The number of benzene rings is 5. The zero-order valence-electron chi connectivity index (χ0n) is 67.6. The summed E-state index contributed by atoms with van der Waals surface area (Å²) in [6.45, 7) is 19.2. The number of thiophene rings is 4. The summed E-state index contributed by atoms with van der Waals surface area (Å²) < 4.78 is 29.4. The van der Waals surface area contributed by atoms with Crippen molar-refractivity contribution < 1.29 is 77.5 Å². The lowest BCUT2D eigenvalue weighted by molar-refractivity contribution is -0.131. The van der Waals surface area contributed by atoms with Crippen LogP contribution in [0, 0.1) is 0 Å². The van der Waals surface area contributed by atoms with Gasteiger partial charge in [-0.25, -0.2) is 9.59 Å². The second kappa shape index (κ2) is 58.8. The van der Waals surface area contributed by atoms with E-state index in [9.17, 15) is 33.6 Å². The van der Waals surface area contributed by atoms with Gasteiger partial charge in [-0.05, 0) is 229 Å². The van der Waals surface area contributed by atoms with Crippen LogP contribution in [0.2, 0.25) is 25.1 Å². The number of nitrogens with one attached hydrogen (secondary N) is 2. The standard InChI is InChI=1S/C22H19ClN2O3S.C15H15ClO2S.C14H14ClNO2S.C9H10BrClO.C8H7NO2.C7H14BrNO2.C6H7BO3S.C6H4BrClO.ClH/c1-15(26)20-7-8-21(29-20)17-5-6-18(23)19(13-17)28-12-11-25-22(27)9-4-16-3-2-10-24-14-16;1-3-8-18-13-9-11(4-5-12(13)16)15-7-6-14(19-15)10(2)17;1-9(17)13-4-5-14(19-13)10-2-3-11(15)12(8-10)18-7-6-16;1-2-5-12-9-6-7(10)3-4-8(9)11;10-8(11)4-3-7-2-1-5-9-6-7;1-7(2,3)11-6(10)9-5-4-8;1-4(8)5-2-3-6(11-5)7(9)10;7-4-1-2-5(8)6(9)3-4;/h2-10,13-14H,11-12H2,1H3,(H,25,27);4-7,9H,3,8H2,1-2H3;2-5,8H,6-7,16H2,1H3;3-4,6H,2,5H2,1H3;1-6H,(H,10,11);4-5H2,1-3H3,(H,9,10);2-3,9-10H,1H3;1-3,9H;1H/b9-4+;;;;4-3+;;;;. The summed E-state index contributed by atoms with van der Waals surface area (Å²) in [7, 11) is -1.46. The van der Waals surface area contributed by atoms with Crippen LogP contribution in [-0.2, 0) is 14.3 Å². The average molecular weight is 2050 g/mol. The Morgan fingerprint density at radius 3 is 1.23 bits per heavy atom. The van der Waals surface area contributed by atoms with E-state index in [1.54, 1.807) is 106 Å². The van der Waals surface area contributed by atoms with Crippen molar-refractivity contribution in [3.8, 4) is 60.1 Å². The number of ether oxygens (including phenoxy) is 5. The summed E-state index contributed by atoms with van der Waals surface area (Å²) in [6, 6.07) is 48.9. The molecule has 650 valence electrons. The maximum atomic E-state index is 11.9. The maximum Gasteiger partial charge on any atom is 0.499 e. The first-order chi connectivity index (χ1) is 57.5. The second-order valence-corrected chi connectivity index (χ2v) is 34.6. The van der Waals surface area contributed by atoms with Gasteiger partial charge < -0.3 is 60.3 Å². The molecule has 21 nitrogen and oxygen atoms in total. The maximum absolute atomic E-state index is 11.9. The van der Waals surface area contributed by atoms with Gasteiger partial charge in [0.1, 0.15) is 47.6 Å². The molecule has 0 unspecified atom stereocenters. The highest BCUT2D eigenvalue weighted by atomic mass is 79.9. The summed E-state index contributed by atoms with van der Waals surface area (Å²) in [4.78, 5) is 91.2. The molecule has 0 saturated carbocycles. The number of carboxylic acids is 1. The number of pyridine rings is 2. The van der Waals surface area contributed by atoms with Crippen molar-refractivity contribution in [2.24, 2.45) is 5.73 Å². The van der Waals surface area contributed by atoms with Crippen LogP contribution in [0.5, 0.6) is 28.7 Å². The van der Waals surface area contributed by atoms with E-state index < -0.39 is 18.7 Å². The van der Waals surface area contributed by atoms with Gasteiger partial charge in [0.2, 0.25) is 5.91 Å². The Labute approximate surface area is 782 Å². The monoisotopic (exact) mass is 2050 g/mol. The molecule has 122 heavy (non-hydrogen) atoms. The van der Waals surface area contributed by atoms with Crippen molar-refractivity contribution in [2.75, 3.05) is 51.4 Å². The summed E-state index contributed by atoms with van der Waals surface area (Å²) >= 11 is 45.0. The Balaban J connectivity index is 0.000000372. The molecule has 8 N–H and O–H groups in total. The summed E-state index contributed by atoms with van der Waals surface area (Å²) in [6.07, 6.45) is 13.9. The number of nitrogens with two attached hydrogens (primary N) is 1. The minimum atomic E-state index is -1.46. The molecular formula is C87H91BBr3Cl6N5O16S4. The van der Waals surface area contributed by atoms with Crippen LogP contribution in [0.3, 0.4) is 0 Å². The van der Waals surface area contributed by atoms with E-state index in [0.29, 0.717) is 96.3 Å². The van der Waals surface area contributed by atoms with E-state index in [0.717, 1.165) is 102 Å². The number of Topliss-reactive ketones (excluding diaryl/α,β-unsaturated/α-hetero) is 4.